The molecule has 1 unspecified atom stereocenters. The van der Waals surface area contributed by atoms with Gasteiger partial charge in [0.15, 0.2) is 5.16 Å². The van der Waals surface area contributed by atoms with Crippen LogP contribution in [0.25, 0.3) is 10.9 Å². The molecule has 6 heteroatoms. The minimum atomic E-state index is -0.0957. The van der Waals surface area contributed by atoms with Crippen molar-refractivity contribution < 1.29 is 4.79 Å². The highest BCUT2D eigenvalue weighted by molar-refractivity contribution is 7.99. The van der Waals surface area contributed by atoms with Crippen molar-refractivity contribution in [3.63, 3.8) is 0 Å². The zero-order valence-electron chi connectivity index (χ0n) is 18.1. The molecule has 0 aliphatic heterocycles. The summed E-state index contributed by atoms with van der Waals surface area (Å²) in [6.07, 6.45) is 5.32. The molecule has 1 aromatic heterocycles. The van der Waals surface area contributed by atoms with E-state index in [9.17, 15) is 9.59 Å². The lowest BCUT2D eigenvalue weighted by molar-refractivity contribution is -0.113. The summed E-state index contributed by atoms with van der Waals surface area (Å²) >= 11 is 1.34. The molecular formula is C25H29N3O2S. The monoisotopic (exact) mass is 435 g/mol. The van der Waals surface area contributed by atoms with Crippen molar-refractivity contribution >= 4 is 34.3 Å². The van der Waals surface area contributed by atoms with E-state index >= 15 is 0 Å². The molecule has 0 radical (unpaired) electrons. The third-order valence-corrected chi connectivity index (χ3v) is 7.13. The van der Waals surface area contributed by atoms with Crippen LogP contribution in [-0.4, -0.2) is 21.2 Å². The van der Waals surface area contributed by atoms with Crippen LogP contribution in [0.5, 0.6) is 0 Å². The van der Waals surface area contributed by atoms with Gasteiger partial charge >= 0.3 is 0 Å². The van der Waals surface area contributed by atoms with Crippen molar-refractivity contribution in [3.05, 3.63) is 64.4 Å². The summed E-state index contributed by atoms with van der Waals surface area (Å²) in [7, 11) is 0. The van der Waals surface area contributed by atoms with Crippen molar-refractivity contribution in [3.8, 4) is 0 Å². The number of benzene rings is 2. The molecule has 1 atom stereocenters. The van der Waals surface area contributed by atoms with Crippen molar-refractivity contribution in [1.82, 2.24) is 9.55 Å². The first kappa shape index (κ1) is 21.6. The summed E-state index contributed by atoms with van der Waals surface area (Å²) in [5, 5.41) is 4.24. The number of thioether (sulfide) groups is 1. The number of fused-ring (bicyclic) bond motifs is 1. The molecule has 5 nitrogen and oxygen atoms in total. The van der Waals surface area contributed by atoms with Crippen LogP contribution in [0.2, 0.25) is 0 Å². The van der Waals surface area contributed by atoms with E-state index < -0.39 is 0 Å². The molecule has 2 aromatic carbocycles. The summed E-state index contributed by atoms with van der Waals surface area (Å²) in [4.78, 5) is 30.5. The Morgan fingerprint density at radius 3 is 2.58 bits per heavy atom. The van der Waals surface area contributed by atoms with Gasteiger partial charge in [0.1, 0.15) is 0 Å². The predicted octanol–water partition coefficient (Wildman–Crippen LogP) is 5.76. The summed E-state index contributed by atoms with van der Waals surface area (Å²) in [5.41, 5.74) is 2.75. The zero-order valence-corrected chi connectivity index (χ0v) is 19.0. The van der Waals surface area contributed by atoms with Crippen LogP contribution in [-0.2, 0) is 4.79 Å². The smallest absolute Gasteiger partial charge is 0.262 e. The highest BCUT2D eigenvalue weighted by Gasteiger charge is 2.23. The number of amides is 1. The molecule has 0 saturated heterocycles. The molecule has 1 N–H and O–H groups in total. The molecule has 4 rings (SSSR count). The summed E-state index contributed by atoms with van der Waals surface area (Å²) in [5.74, 6) is 0.623. The minimum Gasteiger partial charge on any atom is -0.325 e. The van der Waals surface area contributed by atoms with Gasteiger partial charge in [-0.15, -0.1) is 0 Å². The number of carbonyl (C=O) groups excluding carboxylic acids is 1. The highest BCUT2D eigenvalue weighted by atomic mass is 32.2. The minimum absolute atomic E-state index is 0.000964. The maximum Gasteiger partial charge on any atom is 0.262 e. The number of aromatic nitrogens is 2. The molecule has 3 aromatic rings. The van der Waals surface area contributed by atoms with Crippen molar-refractivity contribution in [2.45, 2.75) is 63.1 Å². The van der Waals surface area contributed by atoms with Gasteiger partial charge in [-0.2, -0.15) is 0 Å². The largest absolute Gasteiger partial charge is 0.325 e. The fourth-order valence-electron chi connectivity index (χ4n) is 4.17. The van der Waals surface area contributed by atoms with E-state index in [0.717, 1.165) is 37.8 Å². The molecule has 1 fully saturated rings. The molecule has 0 bridgehead atoms. The Bertz CT molecular complexity index is 1120. The van der Waals surface area contributed by atoms with Crippen molar-refractivity contribution in [2.24, 2.45) is 0 Å². The number of carbonyl (C=O) groups is 1. The average molecular weight is 436 g/mol. The lowest BCUT2D eigenvalue weighted by Gasteiger charge is -2.18. The fourth-order valence-corrected chi connectivity index (χ4v) is 5.04. The second-order valence-corrected chi connectivity index (χ2v) is 9.24. The molecule has 0 spiro atoms. The first-order valence-electron chi connectivity index (χ1n) is 11.1. The number of para-hydroxylation sites is 1. The third-order valence-electron chi connectivity index (χ3n) is 6.17. The molecule has 1 aliphatic carbocycles. The van der Waals surface area contributed by atoms with E-state index in [4.69, 9.17) is 4.98 Å². The van der Waals surface area contributed by atoms with Gasteiger partial charge in [-0.3, -0.25) is 14.2 Å². The molecule has 1 amide bonds. The van der Waals surface area contributed by atoms with Crippen molar-refractivity contribution in [2.75, 3.05) is 11.1 Å². The fraction of sp³-hybridized carbons (Fsp3) is 0.400. The van der Waals surface area contributed by atoms with E-state index in [1.165, 1.54) is 17.3 Å². The topological polar surface area (TPSA) is 64.0 Å². The van der Waals surface area contributed by atoms with Gasteiger partial charge < -0.3 is 5.32 Å². The van der Waals surface area contributed by atoms with Crippen LogP contribution >= 0.6 is 11.8 Å². The normalized spacial score (nSPS) is 15.3. The second kappa shape index (κ2) is 9.69. The van der Waals surface area contributed by atoms with Gasteiger partial charge in [0.25, 0.3) is 5.56 Å². The Hall–Kier alpha value is -2.60. The van der Waals surface area contributed by atoms with E-state index in [2.05, 4.69) is 31.3 Å². The number of hydrogen-bond acceptors (Lipinski definition) is 4. The summed E-state index contributed by atoms with van der Waals surface area (Å²) in [6, 6.07) is 15.7. The van der Waals surface area contributed by atoms with Gasteiger partial charge in [-0.05, 0) is 55.0 Å². The third kappa shape index (κ3) is 4.85. The maximum atomic E-state index is 13.2. The molecule has 1 heterocycles. The second-order valence-electron chi connectivity index (χ2n) is 8.29. The Kier molecular flexibility index (Phi) is 6.76. The quantitative estimate of drug-likeness (QED) is 0.379. The van der Waals surface area contributed by atoms with Crippen LogP contribution in [0, 0.1) is 0 Å². The molecule has 1 saturated carbocycles. The molecular weight excluding hydrogens is 406 g/mol. The molecule has 31 heavy (non-hydrogen) atoms. The van der Waals surface area contributed by atoms with E-state index in [-0.39, 0.29) is 23.3 Å². The first-order chi connectivity index (χ1) is 15.1. The van der Waals surface area contributed by atoms with Crippen LogP contribution in [0.1, 0.15) is 63.5 Å². The number of anilines is 1. The van der Waals surface area contributed by atoms with Crippen LogP contribution < -0.4 is 10.9 Å². The number of nitrogens with zero attached hydrogens (tertiary/aromatic N) is 2. The Morgan fingerprint density at radius 1 is 1.16 bits per heavy atom. The number of hydrogen-bond donors (Lipinski definition) is 1. The zero-order chi connectivity index (χ0) is 21.8. The van der Waals surface area contributed by atoms with Gasteiger partial charge in [0, 0.05) is 11.7 Å². The summed E-state index contributed by atoms with van der Waals surface area (Å²) < 4.78 is 1.83. The van der Waals surface area contributed by atoms with Gasteiger partial charge in [-0.1, -0.05) is 62.7 Å². The average Bonchev–Trinajstić information content (AvgIpc) is 3.32. The van der Waals surface area contributed by atoms with E-state index in [0.29, 0.717) is 22.0 Å². The number of rotatable bonds is 7. The van der Waals surface area contributed by atoms with Crippen LogP contribution in [0.3, 0.4) is 0 Å². The number of nitrogens with one attached hydrogen (secondary N) is 1. The maximum absolute atomic E-state index is 13.2. The van der Waals surface area contributed by atoms with Crippen LogP contribution in [0.4, 0.5) is 5.69 Å². The van der Waals surface area contributed by atoms with E-state index in [1.807, 2.05) is 41.0 Å². The highest BCUT2D eigenvalue weighted by Crippen LogP contribution is 2.32. The van der Waals surface area contributed by atoms with Crippen molar-refractivity contribution in [1.29, 1.82) is 0 Å². The first-order valence-corrected chi connectivity index (χ1v) is 12.1. The van der Waals surface area contributed by atoms with Gasteiger partial charge in [-0.25, -0.2) is 4.98 Å². The van der Waals surface area contributed by atoms with Gasteiger partial charge in [0.2, 0.25) is 5.91 Å². The van der Waals surface area contributed by atoms with Crippen LogP contribution in [0.15, 0.2) is 58.5 Å². The lowest BCUT2D eigenvalue weighted by Crippen LogP contribution is -2.27. The SMILES string of the molecule is CCC(C)c1ccc(NC(=O)CSc2nc3ccccc3c(=O)n2C2CCCC2)cc1. The van der Waals surface area contributed by atoms with E-state index in [1.54, 1.807) is 0 Å². The Labute approximate surface area is 187 Å². The van der Waals surface area contributed by atoms with Gasteiger partial charge in [0.05, 0.1) is 16.7 Å². The molecule has 162 valence electrons. The lowest BCUT2D eigenvalue weighted by atomic mass is 9.99. The Balaban J connectivity index is 1.51. The Morgan fingerprint density at radius 2 is 1.87 bits per heavy atom. The molecule has 1 aliphatic rings. The predicted molar refractivity (Wildman–Crippen MR) is 128 cm³/mol. The standard InChI is InChI=1S/C25H29N3O2S/c1-3-17(2)18-12-14-19(15-13-18)26-23(29)16-31-25-27-22-11-7-6-10-21(22)24(30)28(25)20-8-4-5-9-20/h6-7,10-15,17,20H,3-5,8-9,16H2,1-2H3,(H,26,29). The summed E-state index contributed by atoms with van der Waals surface area (Å²) in [6.45, 7) is 4.37.